The molecule has 0 fully saturated rings. The molecule has 1 aromatic heterocycles. The third kappa shape index (κ3) is 5.85. The molecule has 29 heavy (non-hydrogen) atoms. The summed E-state index contributed by atoms with van der Waals surface area (Å²) in [6, 6.07) is 7.47. The summed E-state index contributed by atoms with van der Waals surface area (Å²) in [7, 11) is 1.30. The lowest BCUT2D eigenvalue weighted by Gasteiger charge is -2.24. The average molecular weight is 404 g/mol. The molecule has 1 atom stereocenters. The van der Waals surface area contributed by atoms with Gasteiger partial charge in [-0.05, 0) is 19.1 Å². The predicted molar refractivity (Wildman–Crippen MR) is 104 cm³/mol. The van der Waals surface area contributed by atoms with Crippen molar-refractivity contribution in [2.75, 3.05) is 33.4 Å². The molecule has 0 N–H and O–H groups in total. The van der Waals surface area contributed by atoms with Crippen molar-refractivity contribution in [1.82, 2.24) is 14.7 Å². The number of methoxy groups -OCH3 is 1. The number of carbonyl (C=O) groups excluding carboxylic acids is 2. The van der Waals surface area contributed by atoms with E-state index in [4.69, 9.17) is 9.47 Å². The van der Waals surface area contributed by atoms with Crippen LogP contribution in [0.1, 0.15) is 24.3 Å². The lowest BCUT2D eigenvalue weighted by Crippen LogP contribution is -2.39. The third-order valence-corrected chi connectivity index (χ3v) is 4.21. The zero-order valence-corrected chi connectivity index (χ0v) is 16.6. The number of benzene rings is 1. The van der Waals surface area contributed by atoms with Crippen LogP contribution in [0.2, 0.25) is 0 Å². The van der Waals surface area contributed by atoms with E-state index in [9.17, 15) is 19.7 Å². The molecule has 156 valence electrons. The van der Waals surface area contributed by atoms with Gasteiger partial charge in [0.1, 0.15) is 0 Å². The topological polar surface area (TPSA) is 117 Å². The molecule has 0 aliphatic carbocycles. The Morgan fingerprint density at radius 2 is 2.10 bits per heavy atom. The maximum absolute atomic E-state index is 12.9. The summed E-state index contributed by atoms with van der Waals surface area (Å²) in [5.74, 6) is -1.30. The molecule has 0 saturated carbocycles. The summed E-state index contributed by atoms with van der Waals surface area (Å²) < 4.78 is 11.5. The fourth-order valence-corrected chi connectivity index (χ4v) is 2.69. The van der Waals surface area contributed by atoms with Crippen LogP contribution in [0.15, 0.2) is 36.5 Å². The normalized spacial score (nSPS) is 11.7. The third-order valence-electron chi connectivity index (χ3n) is 4.21. The van der Waals surface area contributed by atoms with Crippen molar-refractivity contribution < 1.29 is 24.0 Å². The molecular weight excluding hydrogens is 380 g/mol. The predicted octanol–water partition coefficient (Wildman–Crippen LogP) is 2.07. The maximum Gasteiger partial charge on any atom is 0.310 e. The van der Waals surface area contributed by atoms with E-state index in [0.717, 1.165) is 0 Å². The quantitative estimate of drug-likeness (QED) is 0.257. The number of rotatable bonds is 10. The molecular formula is C19H24N4O6. The fourth-order valence-electron chi connectivity index (χ4n) is 2.69. The summed E-state index contributed by atoms with van der Waals surface area (Å²) in [5.41, 5.74) is 0.545. The first-order valence-corrected chi connectivity index (χ1v) is 9.12. The van der Waals surface area contributed by atoms with Gasteiger partial charge < -0.3 is 14.4 Å². The van der Waals surface area contributed by atoms with Crippen LogP contribution in [0, 0.1) is 16.0 Å². The molecule has 0 radical (unpaired) electrons. The van der Waals surface area contributed by atoms with Crippen molar-refractivity contribution in [3.05, 3.63) is 52.3 Å². The number of ether oxygens (including phenoxy) is 2. The Kier molecular flexibility index (Phi) is 7.84. The summed E-state index contributed by atoms with van der Waals surface area (Å²) >= 11 is 0. The Labute approximate surface area is 168 Å². The summed E-state index contributed by atoms with van der Waals surface area (Å²) in [4.78, 5) is 36.6. The second kappa shape index (κ2) is 10.3. The number of esters is 1. The lowest BCUT2D eigenvalue weighted by molar-refractivity contribution is -0.384. The fraction of sp³-hybridized carbons (Fsp3) is 0.421. The van der Waals surface area contributed by atoms with Gasteiger partial charge in [-0.3, -0.25) is 19.7 Å². The number of hydrogen-bond donors (Lipinski definition) is 0. The summed E-state index contributed by atoms with van der Waals surface area (Å²) in [5, 5.41) is 15.2. The van der Waals surface area contributed by atoms with E-state index < -0.39 is 16.8 Å². The van der Waals surface area contributed by atoms with E-state index in [0.29, 0.717) is 18.9 Å². The number of carbonyl (C=O) groups is 2. The Hall–Kier alpha value is -3.27. The van der Waals surface area contributed by atoms with Crippen LogP contribution in [-0.4, -0.2) is 64.9 Å². The Morgan fingerprint density at radius 1 is 1.34 bits per heavy atom. The van der Waals surface area contributed by atoms with Crippen molar-refractivity contribution in [1.29, 1.82) is 0 Å². The van der Waals surface area contributed by atoms with Crippen molar-refractivity contribution in [3.8, 4) is 5.69 Å². The highest BCUT2D eigenvalue weighted by Crippen LogP contribution is 2.17. The van der Waals surface area contributed by atoms with E-state index >= 15 is 0 Å². The van der Waals surface area contributed by atoms with Crippen LogP contribution in [-0.2, 0) is 14.3 Å². The van der Waals surface area contributed by atoms with E-state index in [-0.39, 0.29) is 30.4 Å². The number of amides is 1. The molecule has 0 spiro atoms. The van der Waals surface area contributed by atoms with Crippen LogP contribution in [0.4, 0.5) is 5.69 Å². The highest BCUT2D eigenvalue weighted by atomic mass is 16.6. The number of non-ortho nitro benzene ring substituents is 1. The molecule has 1 unspecified atom stereocenters. The minimum absolute atomic E-state index is 0.0730. The second-order valence-corrected chi connectivity index (χ2v) is 6.29. The van der Waals surface area contributed by atoms with E-state index in [1.165, 1.54) is 34.9 Å². The van der Waals surface area contributed by atoms with Crippen molar-refractivity contribution in [2.24, 2.45) is 5.92 Å². The number of nitro groups is 1. The molecule has 1 aromatic carbocycles. The smallest absolute Gasteiger partial charge is 0.310 e. The zero-order valence-electron chi connectivity index (χ0n) is 16.6. The van der Waals surface area contributed by atoms with Crippen LogP contribution in [0.5, 0.6) is 0 Å². The average Bonchev–Trinajstić information content (AvgIpc) is 3.22. The van der Waals surface area contributed by atoms with Crippen LogP contribution in [0.3, 0.4) is 0 Å². The first-order chi connectivity index (χ1) is 13.9. The van der Waals surface area contributed by atoms with Gasteiger partial charge in [0.2, 0.25) is 0 Å². The molecule has 1 heterocycles. The number of nitrogens with zero attached hydrogens (tertiary/aromatic N) is 4. The number of aromatic nitrogens is 2. The van der Waals surface area contributed by atoms with Gasteiger partial charge in [0.15, 0.2) is 5.69 Å². The SMILES string of the molecule is CCOCCN(CC(C)C(=O)OC)C(=O)c1ccn(-c2cccc([N+](=O)[O-])c2)n1. The summed E-state index contributed by atoms with van der Waals surface area (Å²) in [6.07, 6.45) is 1.55. The van der Waals surface area contributed by atoms with E-state index in [2.05, 4.69) is 5.10 Å². The first-order valence-electron chi connectivity index (χ1n) is 9.12. The molecule has 0 bridgehead atoms. The second-order valence-electron chi connectivity index (χ2n) is 6.29. The molecule has 2 aromatic rings. The Morgan fingerprint density at radius 3 is 2.76 bits per heavy atom. The van der Waals surface area contributed by atoms with Crippen molar-refractivity contribution in [3.63, 3.8) is 0 Å². The van der Waals surface area contributed by atoms with Gasteiger partial charge in [0.05, 0.1) is 30.2 Å². The maximum atomic E-state index is 12.9. The Balaban J connectivity index is 2.21. The molecule has 0 aliphatic rings. The first kappa shape index (κ1) is 22.0. The van der Waals surface area contributed by atoms with Gasteiger partial charge in [0.25, 0.3) is 11.6 Å². The highest BCUT2D eigenvalue weighted by molar-refractivity contribution is 5.92. The molecule has 0 saturated heterocycles. The largest absolute Gasteiger partial charge is 0.469 e. The molecule has 10 nitrogen and oxygen atoms in total. The van der Waals surface area contributed by atoms with Crippen molar-refractivity contribution >= 4 is 17.6 Å². The highest BCUT2D eigenvalue weighted by Gasteiger charge is 2.24. The minimum atomic E-state index is -0.510. The number of nitro benzene ring substituents is 1. The van der Waals surface area contributed by atoms with Gasteiger partial charge in [-0.1, -0.05) is 13.0 Å². The van der Waals surface area contributed by atoms with Gasteiger partial charge >= 0.3 is 5.97 Å². The van der Waals surface area contributed by atoms with Crippen LogP contribution in [0.25, 0.3) is 5.69 Å². The standard InChI is InChI=1S/C19H24N4O6/c1-4-29-11-10-21(13-14(2)19(25)28-3)18(24)17-8-9-22(20-17)15-6-5-7-16(12-15)23(26)27/h5-9,12,14H,4,10-11,13H2,1-3H3. The lowest BCUT2D eigenvalue weighted by atomic mass is 10.1. The molecule has 1 amide bonds. The molecule has 0 aliphatic heterocycles. The summed E-state index contributed by atoms with van der Waals surface area (Å²) in [6.45, 7) is 4.80. The Bertz CT molecular complexity index is 866. The van der Waals surface area contributed by atoms with E-state index in [1.54, 1.807) is 25.3 Å². The van der Waals surface area contributed by atoms with Crippen LogP contribution < -0.4 is 0 Å². The van der Waals surface area contributed by atoms with Gasteiger partial charge in [-0.25, -0.2) is 4.68 Å². The van der Waals surface area contributed by atoms with Gasteiger partial charge in [-0.15, -0.1) is 0 Å². The van der Waals surface area contributed by atoms with Crippen LogP contribution >= 0.6 is 0 Å². The molecule has 10 heteroatoms. The minimum Gasteiger partial charge on any atom is -0.469 e. The molecule has 2 rings (SSSR count). The van der Waals surface area contributed by atoms with Crippen molar-refractivity contribution in [2.45, 2.75) is 13.8 Å². The van der Waals surface area contributed by atoms with Gasteiger partial charge in [-0.2, -0.15) is 5.10 Å². The number of hydrogen-bond acceptors (Lipinski definition) is 7. The monoisotopic (exact) mass is 404 g/mol. The van der Waals surface area contributed by atoms with Gasteiger partial charge in [0, 0.05) is 38.0 Å². The zero-order chi connectivity index (χ0) is 21.4. The van der Waals surface area contributed by atoms with E-state index in [1.807, 2.05) is 6.92 Å².